The minimum absolute atomic E-state index is 0.275. The van der Waals surface area contributed by atoms with Crippen molar-refractivity contribution in [3.05, 3.63) is 42.5 Å². The first kappa shape index (κ1) is 15.4. The molecule has 20 heavy (non-hydrogen) atoms. The number of methoxy groups -OCH3 is 1. The lowest BCUT2D eigenvalue weighted by molar-refractivity contribution is -0.129. The fourth-order valence-corrected chi connectivity index (χ4v) is 1.33. The van der Waals surface area contributed by atoms with Gasteiger partial charge in [0.05, 0.1) is 13.3 Å². The number of hydrazone groups is 1. The summed E-state index contributed by atoms with van der Waals surface area (Å²) < 4.78 is 5.06. The molecule has 0 saturated carbocycles. The lowest BCUT2D eigenvalue weighted by Gasteiger charge is -2.01. The monoisotopic (exact) mass is 275 g/mol. The van der Waals surface area contributed by atoms with Gasteiger partial charge in [0.25, 0.3) is 0 Å². The van der Waals surface area contributed by atoms with Crippen molar-refractivity contribution in [2.45, 2.75) is 6.42 Å². The van der Waals surface area contributed by atoms with E-state index in [1.807, 2.05) is 12.1 Å². The van der Waals surface area contributed by atoms with E-state index >= 15 is 0 Å². The molecule has 2 N–H and O–H groups in total. The van der Waals surface area contributed by atoms with Gasteiger partial charge in [0.15, 0.2) is 0 Å². The van der Waals surface area contributed by atoms with Crippen molar-refractivity contribution in [3.8, 4) is 5.75 Å². The Bertz CT molecular complexity index is 512. The number of benzene rings is 1. The summed E-state index contributed by atoms with van der Waals surface area (Å²) in [5, 5.41) is 6.27. The summed E-state index contributed by atoms with van der Waals surface area (Å²) in [5.74, 6) is -0.159. The van der Waals surface area contributed by atoms with Crippen molar-refractivity contribution in [2.24, 2.45) is 5.10 Å². The molecule has 1 rings (SSSR count). The molecule has 0 aromatic heterocycles. The van der Waals surface area contributed by atoms with Crippen LogP contribution in [0, 0.1) is 0 Å². The third kappa shape index (κ3) is 5.81. The number of rotatable bonds is 7. The van der Waals surface area contributed by atoms with Crippen LogP contribution in [0.4, 0.5) is 0 Å². The Kier molecular flexibility index (Phi) is 6.53. The number of hydrogen-bond donors (Lipinski definition) is 2. The molecule has 0 radical (unpaired) electrons. The number of hydrogen-bond acceptors (Lipinski definition) is 4. The molecule has 0 atom stereocenters. The van der Waals surface area contributed by atoms with Crippen molar-refractivity contribution in [3.63, 3.8) is 0 Å². The van der Waals surface area contributed by atoms with Crippen molar-refractivity contribution in [1.29, 1.82) is 0 Å². The molecular formula is C14H17N3O3. The van der Waals surface area contributed by atoms with Crippen molar-refractivity contribution >= 4 is 18.0 Å². The van der Waals surface area contributed by atoms with Crippen LogP contribution in [0.25, 0.3) is 0 Å². The third-order valence-corrected chi connectivity index (χ3v) is 2.26. The van der Waals surface area contributed by atoms with Crippen LogP contribution in [-0.2, 0) is 9.59 Å². The highest BCUT2D eigenvalue weighted by Crippen LogP contribution is 2.10. The molecule has 0 saturated heterocycles. The van der Waals surface area contributed by atoms with Crippen LogP contribution in [0.5, 0.6) is 5.75 Å². The van der Waals surface area contributed by atoms with Crippen LogP contribution in [0.15, 0.2) is 42.0 Å². The first-order valence-corrected chi connectivity index (χ1v) is 5.99. The van der Waals surface area contributed by atoms with E-state index in [0.717, 1.165) is 5.56 Å². The molecule has 0 aliphatic heterocycles. The molecular weight excluding hydrogens is 258 g/mol. The predicted octanol–water partition coefficient (Wildman–Crippen LogP) is 0.838. The molecule has 0 bridgehead atoms. The number of carbonyl (C=O) groups excluding carboxylic acids is 2. The molecule has 1 aromatic carbocycles. The van der Waals surface area contributed by atoms with Gasteiger partial charge in [-0.15, -0.1) is 6.58 Å². The van der Waals surface area contributed by atoms with Gasteiger partial charge >= 0.3 is 0 Å². The molecule has 0 fully saturated rings. The molecule has 1 aromatic rings. The Hall–Kier alpha value is -2.63. The SMILES string of the molecule is C=CCNC(=O)CC(=O)N/N=C\c1cccc(OC)c1. The van der Waals surface area contributed by atoms with Crippen LogP contribution in [-0.4, -0.2) is 31.7 Å². The molecule has 6 nitrogen and oxygen atoms in total. The minimum atomic E-state index is -0.481. The van der Waals surface area contributed by atoms with E-state index in [9.17, 15) is 9.59 Å². The van der Waals surface area contributed by atoms with Crippen molar-refractivity contribution in [1.82, 2.24) is 10.7 Å². The summed E-state index contributed by atoms with van der Waals surface area (Å²) in [7, 11) is 1.57. The molecule has 0 heterocycles. The summed E-state index contributed by atoms with van der Waals surface area (Å²) >= 11 is 0. The number of nitrogens with one attached hydrogen (secondary N) is 2. The summed E-state index contributed by atoms with van der Waals surface area (Å²) in [6.07, 6.45) is 2.74. The maximum atomic E-state index is 11.4. The fraction of sp³-hybridized carbons (Fsp3) is 0.214. The summed E-state index contributed by atoms with van der Waals surface area (Å²) in [4.78, 5) is 22.6. The quantitative estimate of drug-likeness (QED) is 0.335. The van der Waals surface area contributed by atoms with Gasteiger partial charge in [-0.1, -0.05) is 18.2 Å². The van der Waals surface area contributed by atoms with E-state index in [2.05, 4.69) is 22.4 Å². The second-order valence-electron chi connectivity index (χ2n) is 3.84. The highest BCUT2D eigenvalue weighted by molar-refractivity contribution is 5.97. The topological polar surface area (TPSA) is 79.8 Å². The van der Waals surface area contributed by atoms with Gasteiger partial charge < -0.3 is 10.1 Å². The van der Waals surface area contributed by atoms with Crippen LogP contribution in [0.3, 0.4) is 0 Å². The molecule has 6 heteroatoms. The molecule has 0 aliphatic rings. The number of ether oxygens (including phenoxy) is 1. The summed E-state index contributed by atoms with van der Waals surface area (Å²) in [6.45, 7) is 3.79. The average Bonchev–Trinajstić information content (AvgIpc) is 2.45. The molecule has 0 aliphatic carbocycles. The second-order valence-corrected chi connectivity index (χ2v) is 3.84. The maximum absolute atomic E-state index is 11.4. The van der Waals surface area contributed by atoms with Gasteiger partial charge in [-0.05, 0) is 17.7 Å². The molecule has 0 spiro atoms. The standard InChI is InChI=1S/C14H17N3O3/c1-3-7-15-13(18)9-14(19)17-16-10-11-5-4-6-12(8-11)20-2/h3-6,8,10H,1,7,9H2,2H3,(H,15,18)(H,17,19)/b16-10-. The number of carbonyl (C=O) groups is 2. The van der Waals surface area contributed by atoms with E-state index in [1.165, 1.54) is 12.3 Å². The number of amides is 2. The third-order valence-electron chi connectivity index (χ3n) is 2.26. The van der Waals surface area contributed by atoms with Gasteiger partial charge in [0.2, 0.25) is 11.8 Å². The first-order valence-electron chi connectivity index (χ1n) is 5.99. The zero-order chi connectivity index (χ0) is 14.8. The maximum Gasteiger partial charge on any atom is 0.249 e. The van der Waals surface area contributed by atoms with Crippen LogP contribution < -0.4 is 15.5 Å². The second kappa shape index (κ2) is 8.47. The normalized spacial score (nSPS) is 10.1. The summed E-state index contributed by atoms with van der Waals surface area (Å²) in [6, 6.07) is 7.20. The van der Waals surface area contributed by atoms with E-state index in [1.54, 1.807) is 19.2 Å². The van der Waals surface area contributed by atoms with Gasteiger partial charge in [0, 0.05) is 6.54 Å². The fourth-order valence-electron chi connectivity index (χ4n) is 1.33. The van der Waals surface area contributed by atoms with E-state index in [0.29, 0.717) is 12.3 Å². The molecule has 106 valence electrons. The van der Waals surface area contributed by atoms with Gasteiger partial charge in [-0.2, -0.15) is 5.10 Å². The Balaban J connectivity index is 2.41. The average molecular weight is 275 g/mol. The predicted molar refractivity (Wildman–Crippen MR) is 76.6 cm³/mol. The smallest absolute Gasteiger partial charge is 0.249 e. The van der Waals surface area contributed by atoms with Gasteiger partial charge in [0.1, 0.15) is 12.2 Å². The molecule has 0 unspecified atom stereocenters. The van der Waals surface area contributed by atoms with Gasteiger partial charge in [-0.3, -0.25) is 9.59 Å². The molecule has 2 amide bonds. The minimum Gasteiger partial charge on any atom is -0.497 e. The highest BCUT2D eigenvalue weighted by Gasteiger charge is 2.06. The lowest BCUT2D eigenvalue weighted by atomic mass is 10.2. The van der Waals surface area contributed by atoms with Crippen LogP contribution >= 0.6 is 0 Å². The van der Waals surface area contributed by atoms with E-state index in [-0.39, 0.29) is 12.3 Å². The Morgan fingerprint density at radius 2 is 2.20 bits per heavy atom. The van der Waals surface area contributed by atoms with E-state index in [4.69, 9.17) is 4.74 Å². The van der Waals surface area contributed by atoms with E-state index < -0.39 is 5.91 Å². The Labute approximate surface area is 117 Å². The van der Waals surface area contributed by atoms with Crippen LogP contribution in [0.1, 0.15) is 12.0 Å². The lowest BCUT2D eigenvalue weighted by Crippen LogP contribution is -2.29. The van der Waals surface area contributed by atoms with Crippen LogP contribution in [0.2, 0.25) is 0 Å². The zero-order valence-electron chi connectivity index (χ0n) is 11.3. The Morgan fingerprint density at radius 3 is 2.90 bits per heavy atom. The first-order chi connectivity index (χ1) is 9.65. The highest BCUT2D eigenvalue weighted by atomic mass is 16.5. The van der Waals surface area contributed by atoms with Gasteiger partial charge in [-0.25, -0.2) is 5.43 Å². The summed E-state index contributed by atoms with van der Waals surface area (Å²) in [5.41, 5.74) is 3.06. The largest absolute Gasteiger partial charge is 0.497 e. The Morgan fingerprint density at radius 1 is 1.40 bits per heavy atom. The zero-order valence-corrected chi connectivity index (χ0v) is 11.3. The van der Waals surface area contributed by atoms with Crippen molar-refractivity contribution < 1.29 is 14.3 Å². The number of nitrogens with zero attached hydrogens (tertiary/aromatic N) is 1. The van der Waals surface area contributed by atoms with Crippen molar-refractivity contribution in [2.75, 3.05) is 13.7 Å².